The summed E-state index contributed by atoms with van der Waals surface area (Å²) >= 11 is 0. The second-order valence-electron chi connectivity index (χ2n) is 12.4. The Kier molecular flexibility index (Phi) is 6.62. The normalized spacial score (nSPS) is 11.6. The number of benzene rings is 6. The first-order chi connectivity index (χ1) is 24.0. The smallest absolute Gasteiger partial charge is 0.328 e. The Morgan fingerprint density at radius 2 is 1.04 bits per heavy atom. The van der Waals surface area contributed by atoms with Gasteiger partial charge in [0.1, 0.15) is 11.2 Å². The van der Waals surface area contributed by atoms with E-state index in [4.69, 9.17) is 14.4 Å². The number of imidazole rings is 1. The van der Waals surface area contributed by atoms with Gasteiger partial charge in [0.2, 0.25) is 0 Å². The summed E-state index contributed by atoms with van der Waals surface area (Å²) in [6.45, 7) is 0. The minimum absolute atomic E-state index is 0.0332. The monoisotopic (exact) mass is 634 g/mol. The van der Waals surface area contributed by atoms with E-state index in [1.807, 2.05) is 61.6 Å². The van der Waals surface area contributed by atoms with Crippen LogP contribution in [-0.4, -0.2) is 19.1 Å². The molecule has 0 fully saturated rings. The molecule has 0 atom stereocenters. The molecule has 6 heteroatoms. The van der Waals surface area contributed by atoms with Crippen molar-refractivity contribution in [2.75, 3.05) is 0 Å². The van der Waals surface area contributed by atoms with Gasteiger partial charge in [-0.15, -0.1) is 0 Å². The standard InChI is InChI=1S/C43H30N4O2/c1-46-38-22-20-31(24-39(38)47(2)43(46)48)27-15-17-28(18-16-27)36-26-37(45-42(44-36)29-9-4-3-5-10-29)33-12-8-11-30(23-33)32-19-21-35-34-13-6-7-14-40(34)49-41(35)25-32/h3-26H,1-2H3. The van der Waals surface area contributed by atoms with Gasteiger partial charge in [0.15, 0.2) is 5.82 Å². The van der Waals surface area contributed by atoms with Gasteiger partial charge in [-0.05, 0) is 64.7 Å². The predicted molar refractivity (Wildman–Crippen MR) is 198 cm³/mol. The third-order valence-corrected chi connectivity index (χ3v) is 9.41. The van der Waals surface area contributed by atoms with E-state index >= 15 is 0 Å². The zero-order valence-electron chi connectivity index (χ0n) is 27.0. The molecule has 3 heterocycles. The highest BCUT2D eigenvalue weighted by atomic mass is 16.3. The quantitative estimate of drug-likeness (QED) is 0.189. The molecule has 234 valence electrons. The molecule has 0 amide bonds. The Morgan fingerprint density at radius 3 is 1.88 bits per heavy atom. The summed E-state index contributed by atoms with van der Waals surface area (Å²) in [6.07, 6.45) is 0. The van der Waals surface area contributed by atoms with Crippen molar-refractivity contribution < 1.29 is 4.42 Å². The molecular weight excluding hydrogens is 604 g/mol. The number of rotatable bonds is 5. The SMILES string of the molecule is Cn1c(=O)n(C)c2cc(-c3ccc(-c4cc(-c5cccc(-c6ccc7c(c6)oc6ccccc67)c5)nc(-c5ccccc5)n4)cc3)ccc21. The van der Waals surface area contributed by atoms with Gasteiger partial charge in [-0.3, -0.25) is 9.13 Å². The summed E-state index contributed by atoms with van der Waals surface area (Å²) in [5.41, 5.74) is 12.4. The third kappa shape index (κ3) is 4.93. The molecule has 49 heavy (non-hydrogen) atoms. The molecule has 0 radical (unpaired) electrons. The van der Waals surface area contributed by atoms with Crippen LogP contribution in [0.15, 0.2) is 155 Å². The molecular formula is C43H30N4O2. The van der Waals surface area contributed by atoms with Crippen LogP contribution >= 0.6 is 0 Å². The van der Waals surface area contributed by atoms with Crippen molar-refractivity contribution in [3.05, 3.63) is 156 Å². The molecule has 0 aliphatic carbocycles. The van der Waals surface area contributed by atoms with E-state index in [0.29, 0.717) is 5.82 Å². The van der Waals surface area contributed by atoms with Crippen molar-refractivity contribution in [3.8, 4) is 56.2 Å². The van der Waals surface area contributed by atoms with E-state index in [1.54, 1.807) is 16.2 Å². The van der Waals surface area contributed by atoms with Crippen molar-refractivity contribution in [2.45, 2.75) is 0 Å². The molecule has 0 unspecified atom stereocenters. The zero-order chi connectivity index (χ0) is 33.1. The van der Waals surface area contributed by atoms with Crippen molar-refractivity contribution >= 4 is 33.0 Å². The fraction of sp³-hybridized carbons (Fsp3) is 0.0465. The summed E-state index contributed by atoms with van der Waals surface area (Å²) in [5.74, 6) is 0.668. The number of para-hydroxylation sites is 1. The Morgan fingerprint density at radius 1 is 0.449 bits per heavy atom. The number of fused-ring (bicyclic) bond motifs is 4. The van der Waals surface area contributed by atoms with E-state index in [2.05, 4.69) is 91.0 Å². The van der Waals surface area contributed by atoms with Crippen LogP contribution in [0.3, 0.4) is 0 Å². The first-order valence-electron chi connectivity index (χ1n) is 16.2. The fourth-order valence-electron chi connectivity index (χ4n) is 6.74. The van der Waals surface area contributed by atoms with Gasteiger partial charge < -0.3 is 4.42 Å². The number of aromatic nitrogens is 4. The van der Waals surface area contributed by atoms with E-state index < -0.39 is 0 Å². The summed E-state index contributed by atoms with van der Waals surface area (Å²) in [4.78, 5) is 22.6. The van der Waals surface area contributed by atoms with Gasteiger partial charge in [-0.2, -0.15) is 0 Å². The zero-order valence-corrected chi connectivity index (χ0v) is 27.0. The van der Waals surface area contributed by atoms with Crippen LogP contribution in [0.25, 0.3) is 89.1 Å². The second-order valence-corrected chi connectivity index (χ2v) is 12.4. The molecule has 0 spiro atoms. The summed E-state index contributed by atoms with van der Waals surface area (Å²) in [6, 6.07) is 49.7. The number of furan rings is 1. The molecule has 6 aromatic carbocycles. The van der Waals surface area contributed by atoms with Gasteiger partial charge in [0.25, 0.3) is 0 Å². The highest BCUT2D eigenvalue weighted by Crippen LogP contribution is 2.35. The lowest BCUT2D eigenvalue weighted by Crippen LogP contribution is -2.19. The highest BCUT2D eigenvalue weighted by Gasteiger charge is 2.14. The molecule has 3 aromatic heterocycles. The summed E-state index contributed by atoms with van der Waals surface area (Å²) in [7, 11) is 3.61. The Bertz CT molecular complexity index is 2750. The van der Waals surface area contributed by atoms with Crippen molar-refractivity contribution in [1.82, 2.24) is 19.1 Å². The maximum atomic E-state index is 12.5. The van der Waals surface area contributed by atoms with Crippen molar-refractivity contribution in [1.29, 1.82) is 0 Å². The van der Waals surface area contributed by atoms with E-state index in [0.717, 1.165) is 83.3 Å². The number of nitrogens with zero attached hydrogens (tertiary/aromatic N) is 4. The largest absolute Gasteiger partial charge is 0.456 e. The average Bonchev–Trinajstić information content (AvgIpc) is 3.64. The maximum absolute atomic E-state index is 12.5. The fourth-order valence-corrected chi connectivity index (χ4v) is 6.74. The molecule has 0 N–H and O–H groups in total. The third-order valence-electron chi connectivity index (χ3n) is 9.41. The predicted octanol–water partition coefficient (Wildman–Crippen LogP) is 9.90. The molecule has 9 aromatic rings. The lowest BCUT2D eigenvalue weighted by molar-refractivity contribution is 0.669. The average molecular weight is 635 g/mol. The molecule has 0 saturated carbocycles. The molecule has 0 bridgehead atoms. The Balaban J connectivity index is 1.11. The summed E-state index contributed by atoms with van der Waals surface area (Å²) in [5, 5.41) is 2.23. The summed E-state index contributed by atoms with van der Waals surface area (Å²) < 4.78 is 9.55. The van der Waals surface area contributed by atoms with Gasteiger partial charge in [-0.25, -0.2) is 14.8 Å². The van der Waals surface area contributed by atoms with Gasteiger partial charge >= 0.3 is 5.69 Å². The Hall–Kier alpha value is -6.53. The van der Waals surface area contributed by atoms with E-state index in [-0.39, 0.29) is 5.69 Å². The van der Waals surface area contributed by atoms with Crippen LogP contribution in [0.2, 0.25) is 0 Å². The van der Waals surface area contributed by atoms with Crippen LogP contribution in [-0.2, 0) is 14.1 Å². The minimum atomic E-state index is -0.0332. The van der Waals surface area contributed by atoms with Crippen LogP contribution in [0.4, 0.5) is 0 Å². The molecule has 6 nitrogen and oxygen atoms in total. The van der Waals surface area contributed by atoms with Gasteiger partial charge in [0, 0.05) is 41.6 Å². The topological polar surface area (TPSA) is 65.8 Å². The lowest BCUT2D eigenvalue weighted by Gasteiger charge is -2.11. The lowest BCUT2D eigenvalue weighted by atomic mass is 9.99. The number of hydrogen-bond donors (Lipinski definition) is 0. The van der Waals surface area contributed by atoms with Crippen LogP contribution in [0, 0.1) is 0 Å². The first-order valence-corrected chi connectivity index (χ1v) is 16.2. The maximum Gasteiger partial charge on any atom is 0.328 e. The second kappa shape index (κ2) is 11.3. The van der Waals surface area contributed by atoms with Gasteiger partial charge in [-0.1, -0.05) is 103 Å². The molecule has 9 rings (SSSR count). The Labute approximate surface area is 282 Å². The van der Waals surface area contributed by atoms with Crippen molar-refractivity contribution in [2.24, 2.45) is 14.1 Å². The van der Waals surface area contributed by atoms with E-state index in [1.165, 1.54) is 0 Å². The van der Waals surface area contributed by atoms with Crippen LogP contribution in [0.5, 0.6) is 0 Å². The minimum Gasteiger partial charge on any atom is -0.456 e. The first kappa shape index (κ1) is 28.7. The highest BCUT2D eigenvalue weighted by molar-refractivity contribution is 6.05. The van der Waals surface area contributed by atoms with Crippen LogP contribution in [0.1, 0.15) is 0 Å². The molecule has 0 aliphatic heterocycles. The van der Waals surface area contributed by atoms with Gasteiger partial charge in [0.05, 0.1) is 22.4 Å². The number of hydrogen-bond acceptors (Lipinski definition) is 4. The van der Waals surface area contributed by atoms with Crippen molar-refractivity contribution in [3.63, 3.8) is 0 Å². The molecule has 0 saturated heterocycles. The molecule has 0 aliphatic rings. The van der Waals surface area contributed by atoms with Crippen LogP contribution < -0.4 is 5.69 Å². The van der Waals surface area contributed by atoms with E-state index in [9.17, 15) is 4.79 Å². The number of aryl methyl sites for hydroxylation is 2.